The third-order valence-corrected chi connectivity index (χ3v) is 4.51. The van der Waals surface area contributed by atoms with E-state index in [-0.39, 0.29) is 12.0 Å². The van der Waals surface area contributed by atoms with E-state index in [4.69, 9.17) is 4.74 Å². The van der Waals surface area contributed by atoms with Gasteiger partial charge >= 0.3 is 5.97 Å². The van der Waals surface area contributed by atoms with Crippen LogP contribution in [0.5, 0.6) is 0 Å². The van der Waals surface area contributed by atoms with Gasteiger partial charge in [-0.05, 0) is 45.6 Å². The van der Waals surface area contributed by atoms with Crippen LogP contribution in [0.4, 0.5) is 0 Å². The van der Waals surface area contributed by atoms with E-state index < -0.39 is 5.54 Å². The molecule has 1 rings (SSSR count). The van der Waals surface area contributed by atoms with Gasteiger partial charge in [-0.15, -0.1) is 0 Å². The molecule has 0 saturated heterocycles. The molecule has 5 nitrogen and oxygen atoms in total. The molecule has 1 unspecified atom stereocenters. The van der Waals surface area contributed by atoms with Crippen LogP contribution >= 0.6 is 23.3 Å². The van der Waals surface area contributed by atoms with Crippen LogP contribution < -0.4 is 5.32 Å². The van der Waals surface area contributed by atoms with Crippen molar-refractivity contribution in [3.8, 4) is 0 Å². The molecule has 19 heavy (non-hydrogen) atoms. The smallest absolute Gasteiger partial charge is 0.325 e. The van der Waals surface area contributed by atoms with Crippen molar-refractivity contribution < 1.29 is 9.53 Å². The number of ether oxygens (including phenoxy) is 1. The van der Waals surface area contributed by atoms with E-state index in [2.05, 4.69) is 14.7 Å². The predicted octanol–water partition coefficient (Wildman–Crippen LogP) is 2.26. The molecule has 108 valence electrons. The Bertz CT molecular complexity index is 423. The Morgan fingerprint density at radius 2 is 2.26 bits per heavy atom. The van der Waals surface area contributed by atoms with Crippen molar-refractivity contribution in [3.05, 3.63) is 5.82 Å². The molecule has 0 radical (unpaired) electrons. The zero-order valence-electron chi connectivity index (χ0n) is 12.0. The highest BCUT2D eigenvalue weighted by Crippen LogP contribution is 2.24. The summed E-state index contributed by atoms with van der Waals surface area (Å²) in [6.45, 7) is 7.79. The molecule has 0 bridgehead atoms. The van der Waals surface area contributed by atoms with Crippen LogP contribution in [0.15, 0.2) is 4.34 Å². The van der Waals surface area contributed by atoms with Crippen LogP contribution in [0, 0.1) is 6.92 Å². The summed E-state index contributed by atoms with van der Waals surface area (Å²) in [6.07, 6.45) is 0.682. The molecule has 0 fully saturated rings. The van der Waals surface area contributed by atoms with Crippen molar-refractivity contribution in [2.75, 3.05) is 12.9 Å². The fourth-order valence-corrected chi connectivity index (χ4v) is 3.65. The standard InChI is InChI=1S/C12H21N3O2S2/c1-8(2)14-12(4,10(16)17-5)6-7-18-11-13-9(3)15-19-11/h8,14H,6-7H2,1-5H3. The van der Waals surface area contributed by atoms with Crippen LogP contribution in [0.2, 0.25) is 0 Å². The Kier molecular flexibility index (Phi) is 6.22. The van der Waals surface area contributed by atoms with Gasteiger partial charge in [0.1, 0.15) is 11.4 Å². The fraction of sp³-hybridized carbons (Fsp3) is 0.750. The topological polar surface area (TPSA) is 64.1 Å². The average Bonchev–Trinajstić information content (AvgIpc) is 2.73. The van der Waals surface area contributed by atoms with E-state index in [1.807, 2.05) is 27.7 Å². The maximum atomic E-state index is 11.9. The monoisotopic (exact) mass is 303 g/mol. The molecule has 1 heterocycles. The van der Waals surface area contributed by atoms with E-state index in [0.717, 1.165) is 15.9 Å². The molecule has 0 aliphatic rings. The molecular formula is C12H21N3O2S2. The third kappa shape index (κ3) is 5.08. The number of rotatable bonds is 7. The first-order valence-electron chi connectivity index (χ1n) is 6.16. The molecule has 0 amide bonds. The van der Waals surface area contributed by atoms with Crippen LogP contribution in [0.3, 0.4) is 0 Å². The van der Waals surface area contributed by atoms with Crippen molar-refractivity contribution in [1.29, 1.82) is 0 Å². The molecule has 1 aromatic rings. The van der Waals surface area contributed by atoms with Gasteiger partial charge in [0, 0.05) is 11.8 Å². The Hall–Kier alpha value is -0.660. The number of nitrogens with zero attached hydrogens (tertiary/aromatic N) is 2. The second-order valence-electron chi connectivity index (χ2n) is 4.83. The second kappa shape index (κ2) is 7.21. The summed E-state index contributed by atoms with van der Waals surface area (Å²) in [6, 6.07) is 0.220. The molecule has 1 N–H and O–H groups in total. The van der Waals surface area contributed by atoms with Crippen LogP contribution in [0.25, 0.3) is 0 Å². The second-order valence-corrected chi connectivity index (χ2v) is 6.92. The number of nitrogens with one attached hydrogen (secondary N) is 1. The van der Waals surface area contributed by atoms with Crippen LogP contribution in [-0.4, -0.2) is 39.8 Å². The summed E-state index contributed by atoms with van der Waals surface area (Å²) in [4.78, 5) is 16.2. The van der Waals surface area contributed by atoms with E-state index in [1.165, 1.54) is 18.6 Å². The summed E-state index contributed by atoms with van der Waals surface area (Å²) in [5.41, 5.74) is -0.657. The molecule has 0 spiro atoms. The van der Waals surface area contributed by atoms with Gasteiger partial charge in [0.2, 0.25) is 0 Å². The highest BCUT2D eigenvalue weighted by atomic mass is 32.2. The summed E-state index contributed by atoms with van der Waals surface area (Å²) in [7, 11) is 1.42. The third-order valence-electron chi connectivity index (χ3n) is 2.58. The van der Waals surface area contributed by atoms with Gasteiger partial charge in [-0.1, -0.05) is 11.8 Å². The minimum atomic E-state index is -0.657. The predicted molar refractivity (Wildman–Crippen MR) is 78.7 cm³/mol. The number of carbonyl (C=O) groups is 1. The molecular weight excluding hydrogens is 282 g/mol. The molecule has 7 heteroatoms. The summed E-state index contributed by atoms with van der Waals surface area (Å²) in [5, 5.41) is 3.28. The lowest BCUT2D eigenvalue weighted by molar-refractivity contribution is -0.148. The first-order chi connectivity index (χ1) is 8.87. The molecule has 0 aromatic carbocycles. The maximum absolute atomic E-state index is 11.9. The van der Waals surface area contributed by atoms with E-state index in [9.17, 15) is 4.79 Å². The highest BCUT2D eigenvalue weighted by molar-refractivity contribution is 8.00. The number of methoxy groups -OCH3 is 1. The van der Waals surface area contributed by atoms with Crippen molar-refractivity contribution in [2.24, 2.45) is 0 Å². The normalized spacial score (nSPS) is 14.4. The molecule has 1 atom stereocenters. The van der Waals surface area contributed by atoms with Gasteiger partial charge in [-0.3, -0.25) is 10.1 Å². The van der Waals surface area contributed by atoms with Gasteiger partial charge in [-0.25, -0.2) is 4.98 Å². The van der Waals surface area contributed by atoms with Crippen molar-refractivity contribution in [1.82, 2.24) is 14.7 Å². The van der Waals surface area contributed by atoms with Gasteiger partial charge in [0.25, 0.3) is 0 Å². The number of hydrogen-bond acceptors (Lipinski definition) is 7. The van der Waals surface area contributed by atoms with Crippen LogP contribution in [-0.2, 0) is 9.53 Å². The largest absolute Gasteiger partial charge is 0.468 e. The van der Waals surface area contributed by atoms with Crippen molar-refractivity contribution in [2.45, 2.75) is 50.0 Å². The van der Waals surface area contributed by atoms with Gasteiger partial charge < -0.3 is 4.74 Å². The number of hydrogen-bond donors (Lipinski definition) is 1. The molecule has 0 aliphatic heterocycles. The number of carbonyl (C=O) groups excluding carboxylic acids is 1. The Labute approximate surface area is 122 Å². The zero-order valence-corrected chi connectivity index (χ0v) is 13.7. The summed E-state index contributed by atoms with van der Waals surface area (Å²) >= 11 is 3.01. The summed E-state index contributed by atoms with van der Waals surface area (Å²) in [5.74, 6) is 1.36. The lowest BCUT2D eigenvalue weighted by Gasteiger charge is -2.29. The lowest BCUT2D eigenvalue weighted by Crippen LogP contribution is -2.53. The van der Waals surface area contributed by atoms with Crippen molar-refractivity contribution >= 4 is 29.3 Å². The van der Waals surface area contributed by atoms with Crippen LogP contribution in [0.1, 0.15) is 33.0 Å². The first-order valence-corrected chi connectivity index (χ1v) is 7.92. The SMILES string of the molecule is COC(=O)C(C)(CCSc1nc(C)ns1)NC(C)C. The highest BCUT2D eigenvalue weighted by Gasteiger charge is 2.34. The fourth-order valence-electron chi connectivity index (χ4n) is 1.77. The lowest BCUT2D eigenvalue weighted by atomic mass is 9.98. The minimum absolute atomic E-state index is 0.220. The van der Waals surface area contributed by atoms with E-state index in [1.54, 1.807) is 11.8 Å². The number of aryl methyl sites for hydroxylation is 1. The number of esters is 1. The first kappa shape index (κ1) is 16.4. The zero-order chi connectivity index (χ0) is 14.5. The Morgan fingerprint density at radius 3 is 2.74 bits per heavy atom. The average molecular weight is 303 g/mol. The van der Waals surface area contributed by atoms with Gasteiger partial charge in [0.15, 0.2) is 4.34 Å². The quantitative estimate of drug-likeness (QED) is 0.616. The molecule has 0 aliphatic carbocycles. The van der Waals surface area contributed by atoms with Gasteiger partial charge in [-0.2, -0.15) is 4.37 Å². The maximum Gasteiger partial charge on any atom is 0.325 e. The van der Waals surface area contributed by atoms with Crippen molar-refractivity contribution in [3.63, 3.8) is 0 Å². The van der Waals surface area contributed by atoms with Gasteiger partial charge in [0.05, 0.1) is 7.11 Å². The Balaban J connectivity index is 2.55. The summed E-state index contributed by atoms with van der Waals surface area (Å²) < 4.78 is 9.96. The van der Waals surface area contributed by atoms with E-state index in [0.29, 0.717) is 6.42 Å². The van der Waals surface area contributed by atoms with E-state index >= 15 is 0 Å². The molecule has 1 aromatic heterocycles. The number of thioether (sulfide) groups is 1. The minimum Gasteiger partial charge on any atom is -0.468 e. The number of aromatic nitrogens is 2. The Morgan fingerprint density at radius 1 is 1.58 bits per heavy atom. The molecule has 0 saturated carbocycles.